The summed E-state index contributed by atoms with van der Waals surface area (Å²) in [5.41, 5.74) is 3.16. The summed E-state index contributed by atoms with van der Waals surface area (Å²) in [6, 6.07) is 12.1. The molecule has 128 valence electrons. The highest BCUT2D eigenvalue weighted by Crippen LogP contribution is 2.29. The third-order valence-electron chi connectivity index (χ3n) is 4.62. The van der Waals surface area contributed by atoms with Crippen molar-refractivity contribution in [2.45, 2.75) is 38.8 Å². The quantitative estimate of drug-likeness (QED) is 0.795. The van der Waals surface area contributed by atoms with Crippen LogP contribution in [0.3, 0.4) is 0 Å². The van der Waals surface area contributed by atoms with Crippen molar-refractivity contribution < 1.29 is 9.32 Å². The van der Waals surface area contributed by atoms with Crippen LogP contribution in [0.15, 0.2) is 47.1 Å². The number of hydrogen-bond donors (Lipinski definition) is 1. The van der Waals surface area contributed by atoms with Gasteiger partial charge in [0.2, 0.25) is 5.89 Å². The Bertz CT molecular complexity index is 896. The highest BCUT2D eigenvalue weighted by molar-refractivity contribution is 5.93. The van der Waals surface area contributed by atoms with Crippen LogP contribution in [-0.2, 0) is 13.0 Å². The molecule has 2 heterocycles. The van der Waals surface area contributed by atoms with E-state index in [2.05, 4.69) is 33.7 Å². The molecule has 1 aliphatic rings. The lowest BCUT2D eigenvalue weighted by atomic mass is 9.87. The summed E-state index contributed by atoms with van der Waals surface area (Å²) in [6.07, 6.45) is 4.99. The van der Waals surface area contributed by atoms with E-state index in [1.165, 1.54) is 11.1 Å². The van der Waals surface area contributed by atoms with Gasteiger partial charge >= 0.3 is 0 Å². The number of benzene rings is 1. The molecule has 0 fully saturated rings. The summed E-state index contributed by atoms with van der Waals surface area (Å²) in [5.74, 6) is 1.00. The van der Waals surface area contributed by atoms with Gasteiger partial charge < -0.3 is 14.4 Å². The fourth-order valence-electron chi connectivity index (χ4n) is 3.45. The molecular weight excluding hydrogens is 316 g/mol. The first kappa shape index (κ1) is 15.6. The predicted molar refractivity (Wildman–Crippen MR) is 92.2 cm³/mol. The van der Waals surface area contributed by atoms with Crippen molar-refractivity contribution in [1.82, 2.24) is 20.0 Å². The van der Waals surface area contributed by atoms with Gasteiger partial charge in [-0.15, -0.1) is 0 Å². The number of carbonyl (C=O) groups is 1. The van der Waals surface area contributed by atoms with Gasteiger partial charge in [-0.25, -0.2) is 0 Å². The van der Waals surface area contributed by atoms with Gasteiger partial charge in [-0.05, 0) is 42.5 Å². The van der Waals surface area contributed by atoms with E-state index in [9.17, 15) is 4.79 Å². The SMILES string of the molecule is Cc1nc(Cn2cccc2C(=O)N[C@@H]2CCCc3ccccc32)no1. The minimum atomic E-state index is -0.0769. The van der Waals surface area contributed by atoms with Crippen LogP contribution < -0.4 is 5.32 Å². The molecule has 6 heteroatoms. The smallest absolute Gasteiger partial charge is 0.268 e. The predicted octanol–water partition coefficient (Wildman–Crippen LogP) is 3.04. The van der Waals surface area contributed by atoms with Crippen molar-refractivity contribution in [3.63, 3.8) is 0 Å². The fourth-order valence-corrected chi connectivity index (χ4v) is 3.45. The molecule has 25 heavy (non-hydrogen) atoms. The van der Waals surface area contributed by atoms with Crippen molar-refractivity contribution in [1.29, 1.82) is 0 Å². The first-order valence-electron chi connectivity index (χ1n) is 8.54. The Morgan fingerprint density at radius 1 is 1.32 bits per heavy atom. The standard InChI is InChI=1S/C19H20N4O2/c1-13-20-18(22-25-13)12-23-11-5-10-17(23)19(24)21-16-9-4-7-14-6-2-3-8-15(14)16/h2-3,5-6,8,10-11,16H,4,7,9,12H2,1H3,(H,21,24)/t16-/m1/s1. The zero-order valence-corrected chi connectivity index (χ0v) is 14.1. The maximum absolute atomic E-state index is 12.8. The minimum absolute atomic E-state index is 0.0632. The maximum Gasteiger partial charge on any atom is 0.268 e. The monoisotopic (exact) mass is 336 g/mol. The molecule has 0 saturated carbocycles. The van der Waals surface area contributed by atoms with E-state index in [1.54, 1.807) is 6.92 Å². The average molecular weight is 336 g/mol. The molecule has 6 nitrogen and oxygen atoms in total. The lowest BCUT2D eigenvalue weighted by Gasteiger charge is -2.26. The number of hydrogen-bond acceptors (Lipinski definition) is 4. The van der Waals surface area contributed by atoms with Crippen molar-refractivity contribution >= 4 is 5.91 Å². The number of amides is 1. The Kier molecular flexibility index (Phi) is 4.09. The van der Waals surface area contributed by atoms with Gasteiger partial charge in [0.25, 0.3) is 5.91 Å². The van der Waals surface area contributed by atoms with Gasteiger partial charge in [0.05, 0.1) is 12.6 Å². The van der Waals surface area contributed by atoms with Gasteiger partial charge in [0.1, 0.15) is 5.69 Å². The fraction of sp³-hybridized carbons (Fsp3) is 0.316. The van der Waals surface area contributed by atoms with Crippen molar-refractivity contribution in [2.24, 2.45) is 0 Å². The van der Waals surface area contributed by atoms with Gasteiger partial charge in [-0.2, -0.15) is 4.98 Å². The van der Waals surface area contributed by atoms with E-state index in [0.717, 1.165) is 19.3 Å². The molecule has 1 amide bonds. The van der Waals surface area contributed by atoms with E-state index in [4.69, 9.17) is 4.52 Å². The summed E-state index contributed by atoms with van der Waals surface area (Å²) in [7, 11) is 0. The van der Waals surface area contributed by atoms with Gasteiger partial charge in [-0.1, -0.05) is 29.4 Å². The maximum atomic E-state index is 12.8. The molecule has 1 aliphatic carbocycles. The Labute approximate surface area is 145 Å². The number of fused-ring (bicyclic) bond motifs is 1. The molecule has 4 rings (SSSR count). The van der Waals surface area contributed by atoms with Gasteiger partial charge in [0.15, 0.2) is 5.82 Å². The minimum Gasteiger partial charge on any atom is -0.344 e. The number of nitrogens with one attached hydrogen (secondary N) is 1. The Balaban J connectivity index is 1.52. The van der Waals surface area contributed by atoms with Gasteiger partial charge in [0, 0.05) is 13.1 Å². The molecule has 0 bridgehead atoms. The summed E-state index contributed by atoms with van der Waals surface area (Å²) >= 11 is 0. The van der Waals surface area contributed by atoms with Crippen molar-refractivity contribution in [3.8, 4) is 0 Å². The Morgan fingerprint density at radius 3 is 3.04 bits per heavy atom. The summed E-state index contributed by atoms with van der Waals surface area (Å²) in [6.45, 7) is 2.16. The second-order valence-corrected chi connectivity index (χ2v) is 6.37. The van der Waals surface area contributed by atoms with E-state index in [-0.39, 0.29) is 11.9 Å². The van der Waals surface area contributed by atoms with Crippen LogP contribution in [0.4, 0.5) is 0 Å². The van der Waals surface area contributed by atoms with Crippen molar-refractivity contribution in [3.05, 3.63) is 71.1 Å². The largest absolute Gasteiger partial charge is 0.344 e. The van der Waals surface area contributed by atoms with Crippen LogP contribution in [-0.4, -0.2) is 20.6 Å². The van der Waals surface area contributed by atoms with E-state index in [0.29, 0.717) is 24.0 Å². The molecule has 0 radical (unpaired) electrons. The Hall–Kier alpha value is -2.89. The highest BCUT2D eigenvalue weighted by atomic mass is 16.5. The number of aryl methyl sites for hydroxylation is 2. The van der Waals surface area contributed by atoms with Crippen molar-refractivity contribution in [2.75, 3.05) is 0 Å². The number of nitrogens with zero attached hydrogens (tertiary/aromatic N) is 3. The van der Waals surface area contributed by atoms with Gasteiger partial charge in [-0.3, -0.25) is 4.79 Å². The first-order valence-corrected chi connectivity index (χ1v) is 8.54. The Morgan fingerprint density at radius 2 is 2.20 bits per heavy atom. The van der Waals surface area contributed by atoms with Crippen LogP contribution in [0, 0.1) is 6.92 Å². The summed E-state index contributed by atoms with van der Waals surface area (Å²) in [4.78, 5) is 17.0. The normalized spacial score (nSPS) is 16.4. The van der Waals surface area contributed by atoms with Crippen LogP contribution >= 0.6 is 0 Å². The lowest BCUT2D eigenvalue weighted by Crippen LogP contribution is -2.32. The van der Waals surface area contributed by atoms with E-state index < -0.39 is 0 Å². The molecule has 1 aromatic carbocycles. The molecule has 2 aromatic heterocycles. The molecule has 0 saturated heterocycles. The summed E-state index contributed by atoms with van der Waals surface area (Å²) < 4.78 is 6.84. The zero-order chi connectivity index (χ0) is 17.2. The zero-order valence-electron chi connectivity index (χ0n) is 14.1. The van der Waals surface area contributed by atoms with Crippen LogP contribution in [0.25, 0.3) is 0 Å². The molecular formula is C19H20N4O2. The van der Waals surface area contributed by atoms with Crippen LogP contribution in [0.1, 0.15) is 52.2 Å². The molecule has 0 spiro atoms. The third kappa shape index (κ3) is 3.20. The third-order valence-corrected chi connectivity index (χ3v) is 4.62. The molecule has 1 N–H and O–H groups in total. The second kappa shape index (κ2) is 6.55. The lowest BCUT2D eigenvalue weighted by molar-refractivity contribution is 0.0923. The molecule has 3 aromatic rings. The van der Waals surface area contributed by atoms with Crippen LogP contribution in [0.5, 0.6) is 0 Å². The molecule has 1 atom stereocenters. The second-order valence-electron chi connectivity index (χ2n) is 6.37. The van der Waals surface area contributed by atoms with E-state index in [1.807, 2.05) is 29.0 Å². The molecule has 0 aliphatic heterocycles. The molecule has 0 unspecified atom stereocenters. The summed E-state index contributed by atoms with van der Waals surface area (Å²) in [5, 5.41) is 7.08. The topological polar surface area (TPSA) is 73.0 Å². The number of aromatic nitrogens is 3. The first-order chi connectivity index (χ1) is 12.2. The number of carbonyl (C=O) groups excluding carboxylic acids is 1. The van der Waals surface area contributed by atoms with Crippen LogP contribution in [0.2, 0.25) is 0 Å². The number of rotatable bonds is 4. The highest BCUT2D eigenvalue weighted by Gasteiger charge is 2.23. The van der Waals surface area contributed by atoms with E-state index >= 15 is 0 Å². The average Bonchev–Trinajstić information content (AvgIpc) is 3.24.